The van der Waals surface area contributed by atoms with Gasteiger partial charge < -0.3 is 5.32 Å². The van der Waals surface area contributed by atoms with Gasteiger partial charge in [0.1, 0.15) is 10.8 Å². The minimum atomic E-state index is -0.0279. The molecule has 1 unspecified atom stereocenters. The fourth-order valence-corrected chi connectivity index (χ4v) is 4.66. The summed E-state index contributed by atoms with van der Waals surface area (Å²) < 4.78 is 4.17. The van der Waals surface area contributed by atoms with Gasteiger partial charge in [-0.2, -0.15) is 5.10 Å². The largest absolute Gasteiger partial charge is 0.353 e. The Labute approximate surface area is 166 Å². The van der Waals surface area contributed by atoms with Crippen LogP contribution in [0.25, 0.3) is 0 Å². The van der Waals surface area contributed by atoms with Crippen molar-refractivity contribution < 1.29 is 4.79 Å². The summed E-state index contributed by atoms with van der Waals surface area (Å²) in [5.41, 5.74) is -0.0279. The highest BCUT2D eigenvalue weighted by atomic mass is 32.2. The van der Waals surface area contributed by atoms with Crippen LogP contribution in [0.3, 0.4) is 0 Å². The van der Waals surface area contributed by atoms with Crippen LogP contribution in [-0.2, 0) is 24.3 Å². The second kappa shape index (κ2) is 9.01. The molecule has 0 radical (unpaired) electrons. The van der Waals surface area contributed by atoms with Crippen molar-refractivity contribution in [3.8, 4) is 0 Å². The van der Waals surface area contributed by atoms with Crippen LogP contribution in [0.2, 0.25) is 0 Å². The molecule has 2 aromatic heterocycles. The SMILES string of the molecule is Cc1nnc(SCC(=O)NC2CCc3nn(CCC(C)C)c(=O)n3CC2)s1. The van der Waals surface area contributed by atoms with Crippen LogP contribution in [-0.4, -0.2) is 42.2 Å². The number of thioether (sulfide) groups is 1. The molecule has 27 heavy (non-hydrogen) atoms. The quantitative estimate of drug-likeness (QED) is 0.700. The van der Waals surface area contributed by atoms with Gasteiger partial charge in [0.05, 0.1) is 5.75 Å². The summed E-state index contributed by atoms with van der Waals surface area (Å²) >= 11 is 2.90. The van der Waals surface area contributed by atoms with Gasteiger partial charge in [0.2, 0.25) is 5.91 Å². The maximum absolute atomic E-state index is 12.5. The van der Waals surface area contributed by atoms with E-state index in [1.54, 1.807) is 9.25 Å². The molecule has 0 fully saturated rings. The van der Waals surface area contributed by atoms with Crippen molar-refractivity contribution in [2.45, 2.75) is 69.9 Å². The fraction of sp³-hybridized carbons (Fsp3) is 0.706. The van der Waals surface area contributed by atoms with E-state index in [2.05, 4.69) is 34.5 Å². The molecule has 10 heteroatoms. The number of hydrogen-bond acceptors (Lipinski definition) is 7. The number of nitrogens with one attached hydrogen (secondary N) is 1. The molecular formula is C17H26N6O2S2. The number of rotatable bonds is 7. The van der Waals surface area contributed by atoms with Crippen LogP contribution < -0.4 is 11.0 Å². The Balaban J connectivity index is 1.51. The van der Waals surface area contributed by atoms with E-state index in [1.807, 2.05) is 6.92 Å². The molecule has 3 rings (SSSR count). The Kier molecular flexibility index (Phi) is 6.69. The summed E-state index contributed by atoms with van der Waals surface area (Å²) in [6.07, 6.45) is 3.20. The minimum absolute atomic E-state index is 0.00765. The van der Waals surface area contributed by atoms with Crippen molar-refractivity contribution >= 4 is 29.0 Å². The summed E-state index contributed by atoms with van der Waals surface area (Å²) in [6.45, 7) is 7.45. The summed E-state index contributed by atoms with van der Waals surface area (Å²) in [4.78, 5) is 24.8. The van der Waals surface area contributed by atoms with Gasteiger partial charge in [-0.25, -0.2) is 9.48 Å². The van der Waals surface area contributed by atoms with Gasteiger partial charge in [0.25, 0.3) is 0 Å². The van der Waals surface area contributed by atoms with Crippen LogP contribution in [0.1, 0.15) is 43.9 Å². The molecule has 2 aromatic rings. The minimum Gasteiger partial charge on any atom is -0.353 e. The standard InChI is InChI=1S/C17H26N6O2S2/c1-11(2)6-9-23-17(25)22-8-7-13(4-5-14(22)21-23)18-15(24)10-26-16-20-19-12(3)27-16/h11,13H,4-10H2,1-3H3,(H,18,24). The third kappa shape index (κ3) is 5.41. The third-order valence-corrected chi connectivity index (χ3v) is 6.51. The summed E-state index contributed by atoms with van der Waals surface area (Å²) in [5, 5.41) is 16.5. The van der Waals surface area contributed by atoms with Crippen molar-refractivity contribution in [1.82, 2.24) is 29.9 Å². The van der Waals surface area contributed by atoms with Crippen LogP contribution in [0, 0.1) is 12.8 Å². The second-order valence-corrected chi connectivity index (χ2v) is 9.63. The number of hydrogen-bond donors (Lipinski definition) is 1. The number of carbonyl (C=O) groups is 1. The molecule has 0 saturated heterocycles. The Morgan fingerprint density at radius 3 is 2.89 bits per heavy atom. The lowest BCUT2D eigenvalue weighted by molar-refractivity contribution is -0.119. The molecule has 8 nitrogen and oxygen atoms in total. The van der Waals surface area contributed by atoms with Crippen LogP contribution >= 0.6 is 23.1 Å². The maximum Gasteiger partial charge on any atom is 0.345 e. The lowest BCUT2D eigenvalue weighted by Gasteiger charge is -2.15. The number of nitrogens with zero attached hydrogens (tertiary/aromatic N) is 5. The molecule has 0 aliphatic carbocycles. The van der Waals surface area contributed by atoms with Gasteiger partial charge in [-0.1, -0.05) is 36.9 Å². The van der Waals surface area contributed by atoms with E-state index in [0.29, 0.717) is 31.2 Å². The molecule has 0 saturated carbocycles. The van der Waals surface area contributed by atoms with E-state index in [4.69, 9.17) is 0 Å². The zero-order chi connectivity index (χ0) is 19.4. The number of carbonyl (C=O) groups excluding carboxylic acids is 1. The molecule has 148 valence electrons. The molecule has 3 heterocycles. The first-order valence-corrected chi connectivity index (χ1v) is 11.1. The number of amides is 1. The van der Waals surface area contributed by atoms with Crippen molar-refractivity contribution in [2.24, 2.45) is 5.92 Å². The number of aryl methyl sites for hydroxylation is 3. The Morgan fingerprint density at radius 1 is 1.37 bits per heavy atom. The van der Waals surface area contributed by atoms with Crippen molar-refractivity contribution in [3.63, 3.8) is 0 Å². The summed E-state index contributed by atoms with van der Waals surface area (Å²) in [5.74, 6) is 1.70. The van der Waals surface area contributed by atoms with Crippen LogP contribution in [0.15, 0.2) is 9.13 Å². The van der Waals surface area contributed by atoms with Gasteiger partial charge in [-0.05, 0) is 32.1 Å². The average molecular weight is 411 g/mol. The first-order chi connectivity index (χ1) is 12.9. The molecule has 0 bridgehead atoms. The van der Waals surface area contributed by atoms with Crippen molar-refractivity contribution in [3.05, 3.63) is 21.3 Å². The highest BCUT2D eigenvalue weighted by Gasteiger charge is 2.22. The van der Waals surface area contributed by atoms with E-state index in [0.717, 1.165) is 34.4 Å². The van der Waals surface area contributed by atoms with E-state index in [9.17, 15) is 9.59 Å². The Bertz CT molecular complexity index is 841. The topological polar surface area (TPSA) is 94.7 Å². The molecule has 1 atom stereocenters. The van der Waals surface area contributed by atoms with Gasteiger partial charge >= 0.3 is 5.69 Å². The maximum atomic E-state index is 12.5. The van der Waals surface area contributed by atoms with Gasteiger partial charge in [-0.15, -0.1) is 10.2 Å². The van der Waals surface area contributed by atoms with E-state index in [-0.39, 0.29) is 17.6 Å². The fourth-order valence-electron chi connectivity index (χ4n) is 3.03. The number of fused-ring (bicyclic) bond motifs is 1. The van der Waals surface area contributed by atoms with E-state index in [1.165, 1.54) is 23.1 Å². The van der Waals surface area contributed by atoms with Gasteiger partial charge in [-0.3, -0.25) is 9.36 Å². The summed E-state index contributed by atoms with van der Waals surface area (Å²) in [6, 6.07) is 0.0690. The molecule has 1 amide bonds. The van der Waals surface area contributed by atoms with Crippen LogP contribution in [0.5, 0.6) is 0 Å². The van der Waals surface area contributed by atoms with Gasteiger partial charge in [0.15, 0.2) is 4.34 Å². The van der Waals surface area contributed by atoms with E-state index < -0.39 is 0 Å². The molecule has 0 aromatic carbocycles. The normalized spacial score (nSPS) is 17.0. The average Bonchev–Trinajstić information content (AvgIpc) is 3.10. The molecule has 0 spiro atoms. The smallest absolute Gasteiger partial charge is 0.345 e. The zero-order valence-corrected chi connectivity index (χ0v) is 17.6. The van der Waals surface area contributed by atoms with Crippen molar-refractivity contribution in [2.75, 3.05) is 5.75 Å². The molecule has 1 aliphatic heterocycles. The number of aromatic nitrogens is 5. The Morgan fingerprint density at radius 2 is 2.19 bits per heavy atom. The lowest BCUT2D eigenvalue weighted by Crippen LogP contribution is -2.36. The molecular weight excluding hydrogens is 384 g/mol. The molecule has 1 N–H and O–H groups in total. The highest BCUT2D eigenvalue weighted by molar-refractivity contribution is 8.01. The second-order valence-electron chi connectivity index (χ2n) is 7.22. The molecule has 1 aliphatic rings. The Hall–Kier alpha value is -1.68. The lowest BCUT2D eigenvalue weighted by atomic mass is 10.1. The predicted molar refractivity (Wildman–Crippen MR) is 106 cm³/mol. The van der Waals surface area contributed by atoms with Crippen LogP contribution in [0.4, 0.5) is 0 Å². The first-order valence-electron chi connectivity index (χ1n) is 9.31. The highest BCUT2D eigenvalue weighted by Crippen LogP contribution is 2.21. The predicted octanol–water partition coefficient (Wildman–Crippen LogP) is 1.86. The van der Waals surface area contributed by atoms with E-state index >= 15 is 0 Å². The van der Waals surface area contributed by atoms with Crippen molar-refractivity contribution in [1.29, 1.82) is 0 Å². The summed E-state index contributed by atoms with van der Waals surface area (Å²) in [7, 11) is 0. The third-order valence-electron chi connectivity index (χ3n) is 4.53. The monoisotopic (exact) mass is 410 g/mol. The zero-order valence-electron chi connectivity index (χ0n) is 16.0. The van der Waals surface area contributed by atoms with Gasteiger partial charge in [0, 0.05) is 25.6 Å². The first kappa shape index (κ1) is 20.1.